The molecule has 0 aliphatic heterocycles. The van der Waals surface area contributed by atoms with Crippen LogP contribution in [0.4, 0.5) is 0 Å². The summed E-state index contributed by atoms with van der Waals surface area (Å²) in [6.45, 7) is 1.89. The van der Waals surface area contributed by atoms with Gasteiger partial charge in [-0.1, -0.05) is 17.7 Å². The van der Waals surface area contributed by atoms with Crippen LogP contribution in [0.25, 0.3) is 0 Å². The Morgan fingerprint density at radius 1 is 1.11 bits per heavy atom. The lowest BCUT2D eigenvalue weighted by molar-refractivity contribution is 0.584. The first-order chi connectivity index (χ1) is 9.08. The van der Waals surface area contributed by atoms with Crippen LogP contribution in [0.2, 0.25) is 0 Å². The fourth-order valence-corrected chi connectivity index (χ4v) is 2.18. The van der Waals surface area contributed by atoms with E-state index in [0.717, 1.165) is 11.1 Å². The summed E-state index contributed by atoms with van der Waals surface area (Å²) in [5.41, 5.74) is 1.76. The zero-order valence-corrected chi connectivity index (χ0v) is 11.1. The normalized spacial score (nSPS) is 11.6. The van der Waals surface area contributed by atoms with Crippen LogP contribution in [0.1, 0.15) is 11.1 Å². The van der Waals surface area contributed by atoms with E-state index in [2.05, 4.69) is 14.9 Å². The van der Waals surface area contributed by atoms with Gasteiger partial charge >= 0.3 is 0 Å². The van der Waals surface area contributed by atoms with E-state index in [1.54, 1.807) is 48.8 Å². The van der Waals surface area contributed by atoms with Crippen LogP contribution in [0, 0.1) is 6.92 Å². The van der Waals surface area contributed by atoms with Gasteiger partial charge in [0.25, 0.3) is 10.0 Å². The molecule has 0 radical (unpaired) electrons. The number of sulfonamides is 1. The van der Waals surface area contributed by atoms with Crippen LogP contribution < -0.4 is 4.83 Å². The van der Waals surface area contributed by atoms with Crippen LogP contribution >= 0.6 is 0 Å². The van der Waals surface area contributed by atoms with Gasteiger partial charge in [0.15, 0.2) is 0 Å². The molecule has 0 amide bonds. The third kappa shape index (κ3) is 3.62. The number of hydrazone groups is 1. The summed E-state index contributed by atoms with van der Waals surface area (Å²) in [6.07, 6.45) is 4.64. The van der Waals surface area contributed by atoms with Gasteiger partial charge in [0.05, 0.1) is 11.1 Å². The number of nitrogens with zero attached hydrogens (tertiary/aromatic N) is 2. The van der Waals surface area contributed by atoms with E-state index < -0.39 is 10.0 Å². The van der Waals surface area contributed by atoms with Gasteiger partial charge in [0.1, 0.15) is 0 Å². The minimum absolute atomic E-state index is 0.185. The molecular weight excluding hydrogens is 262 g/mol. The first kappa shape index (κ1) is 13.2. The molecule has 98 valence electrons. The van der Waals surface area contributed by atoms with E-state index in [4.69, 9.17) is 0 Å². The van der Waals surface area contributed by atoms with Gasteiger partial charge in [0, 0.05) is 12.4 Å². The van der Waals surface area contributed by atoms with Crippen LogP contribution in [0.15, 0.2) is 58.8 Å². The maximum Gasteiger partial charge on any atom is 0.276 e. The maximum atomic E-state index is 11.9. The number of aromatic nitrogens is 1. The number of hydrogen-bond acceptors (Lipinski definition) is 4. The average molecular weight is 275 g/mol. The predicted molar refractivity (Wildman–Crippen MR) is 73.3 cm³/mol. The largest absolute Gasteiger partial charge is 0.276 e. The molecule has 2 rings (SSSR count). The predicted octanol–water partition coefficient (Wildman–Crippen LogP) is 1.70. The van der Waals surface area contributed by atoms with Crippen LogP contribution in [0.3, 0.4) is 0 Å². The van der Waals surface area contributed by atoms with E-state index >= 15 is 0 Å². The molecule has 1 heterocycles. The van der Waals surface area contributed by atoms with Crippen molar-refractivity contribution in [1.29, 1.82) is 0 Å². The lowest BCUT2D eigenvalue weighted by Crippen LogP contribution is -2.18. The fraction of sp³-hybridized carbons (Fsp3) is 0.0769. The van der Waals surface area contributed by atoms with Gasteiger partial charge in [-0.2, -0.15) is 13.5 Å². The average Bonchev–Trinajstić information content (AvgIpc) is 2.40. The van der Waals surface area contributed by atoms with Crippen molar-refractivity contribution in [2.45, 2.75) is 11.8 Å². The Hall–Kier alpha value is -2.21. The van der Waals surface area contributed by atoms with Gasteiger partial charge in [-0.25, -0.2) is 4.83 Å². The Morgan fingerprint density at radius 3 is 2.37 bits per heavy atom. The second kappa shape index (κ2) is 5.62. The second-order valence-electron chi connectivity index (χ2n) is 3.95. The highest BCUT2D eigenvalue weighted by Gasteiger charge is 2.11. The van der Waals surface area contributed by atoms with E-state index in [1.165, 1.54) is 6.21 Å². The minimum atomic E-state index is -3.61. The molecule has 0 saturated heterocycles. The van der Waals surface area contributed by atoms with E-state index in [0.29, 0.717) is 0 Å². The SMILES string of the molecule is Cc1ccc(S(=O)(=O)N/N=C/c2ccncc2)cc1. The van der Waals surface area contributed by atoms with Crippen molar-refractivity contribution in [3.8, 4) is 0 Å². The zero-order chi connectivity index (χ0) is 13.7. The van der Waals surface area contributed by atoms with Crippen LogP contribution in [-0.4, -0.2) is 19.6 Å². The van der Waals surface area contributed by atoms with Gasteiger partial charge in [-0.05, 0) is 36.8 Å². The molecule has 1 aromatic carbocycles. The van der Waals surface area contributed by atoms with Crippen LogP contribution in [-0.2, 0) is 10.0 Å². The molecule has 19 heavy (non-hydrogen) atoms. The van der Waals surface area contributed by atoms with Crippen LogP contribution in [0.5, 0.6) is 0 Å². The van der Waals surface area contributed by atoms with Crippen molar-refractivity contribution in [3.05, 3.63) is 59.9 Å². The number of pyridine rings is 1. The Bertz CT molecular complexity index is 665. The highest BCUT2D eigenvalue weighted by Crippen LogP contribution is 2.09. The lowest BCUT2D eigenvalue weighted by Gasteiger charge is -2.03. The van der Waals surface area contributed by atoms with Gasteiger partial charge in [0.2, 0.25) is 0 Å². The number of hydrogen-bond donors (Lipinski definition) is 1. The third-order valence-electron chi connectivity index (χ3n) is 2.42. The highest BCUT2D eigenvalue weighted by molar-refractivity contribution is 7.89. The lowest BCUT2D eigenvalue weighted by atomic mass is 10.2. The van der Waals surface area contributed by atoms with E-state index in [1.807, 2.05) is 6.92 Å². The molecule has 5 nitrogen and oxygen atoms in total. The number of benzene rings is 1. The molecule has 0 aliphatic carbocycles. The van der Waals surface area contributed by atoms with Crippen molar-refractivity contribution < 1.29 is 8.42 Å². The summed E-state index contributed by atoms with van der Waals surface area (Å²) in [5.74, 6) is 0. The minimum Gasteiger partial charge on any atom is -0.265 e. The first-order valence-corrected chi connectivity index (χ1v) is 7.08. The molecule has 6 heteroatoms. The standard InChI is InChI=1S/C13H13N3O2S/c1-11-2-4-13(5-3-11)19(17,18)16-15-10-12-6-8-14-9-7-12/h2-10,16H,1H3/b15-10+. The zero-order valence-electron chi connectivity index (χ0n) is 10.3. The first-order valence-electron chi connectivity index (χ1n) is 5.59. The third-order valence-corrected chi connectivity index (χ3v) is 3.66. The van der Waals surface area contributed by atoms with E-state index in [-0.39, 0.29) is 4.90 Å². The van der Waals surface area contributed by atoms with E-state index in [9.17, 15) is 8.42 Å². The molecule has 0 spiro atoms. The Labute approximate surface area is 112 Å². The molecule has 1 N–H and O–H groups in total. The number of rotatable bonds is 4. The molecular formula is C13H13N3O2S. The van der Waals surface area contributed by atoms with Gasteiger partial charge < -0.3 is 0 Å². The fourth-order valence-electron chi connectivity index (χ4n) is 1.39. The molecule has 2 aromatic rings. The molecule has 0 fully saturated rings. The topological polar surface area (TPSA) is 71.4 Å². The van der Waals surface area contributed by atoms with Crippen molar-refractivity contribution >= 4 is 16.2 Å². The monoisotopic (exact) mass is 275 g/mol. The summed E-state index contributed by atoms with van der Waals surface area (Å²) in [4.78, 5) is 6.21. The number of nitrogens with one attached hydrogen (secondary N) is 1. The summed E-state index contributed by atoms with van der Waals surface area (Å²) < 4.78 is 23.8. The maximum absolute atomic E-state index is 11.9. The number of aryl methyl sites for hydroxylation is 1. The molecule has 0 bridgehead atoms. The summed E-state index contributed by atoms with van der Waals surface area (Å²) in [6, 6.07) is 10.0. The Morgan fingerprint density at radius 2 is 1.74 bits per heavy atom. The van der Waals surface area contributed by atoms with Crippen molar-refractivity contribution in [3.63, 3.8) is 0 Å². The molecule has 0 aliphatic rings. The summed E-state index contributed by atoms with van der Waals surface area (Å²) >= 11 is 0. The van der Waals surface area contributed by atoms with Crippen molar-refractivity contribution in [2.75, 3.05) is 0 Å². The smallest absolute Gasteiger partial charge is 0.265 e. The molecule has 0 unspecified atom stereocenters. The highest BCUT2D eigenvalue weighted by atomic mass is 32.2. The quantitative estimate of drug-likeness (QED) is 0.682. The molecule has 0 atom stereocenters. The summed E-state index contributed by atoms with van der Waals surface area (Å²) in [7, 11) is -3.61. The van der Waals surface area contributed by atoms with Crippen molar-refractivity contribution in [1.82, 2.24) is 9.82 Å². The van der Waals surface area contributed by atoms with Gasteiger partial charge in [-0.3, -0.25) is 4.98 Å². The summed E-state index contributed by atoms with van der Waals surface area (Å²) in [5, 5.41) is 3.72. The van der Waals surface area contributed by atoms with Gasteiger partial charge in [-0.15, -0.1) is 0 Å². The Balaban J connectivity index is 2.10. The molecule has 1 aromatic heterocycles. The van der Waals surface area contributed by atoms with Crippen molar-refractivity contribution in [2.24, 2.45) is 5.10 Å². The molecule has 0 saturated carbocycles. The Kier molecular flexibility index (Phi) is 3.91. The second-order valence-corrected chi connectivity index (χ2v) is 5.61.